The summed E-state index contributed by atoms with van der Waals surface area (Å²) in [5.74, 6) is 1.13. The first kappa shape index (κ1) is 31.5. The Morgan fingerprint density at radius 2 is 1.56 bits per heavy atom. The highest BCUT2D eigenvalue weighted by atomic mass is 32.2. The number of thiazole rings is 1. The molecule has 4 rings (SSSR count). The molecule has 41 heavy (non-hydrogen) atoms. The summed E-state index contributed by atoms with van der Waals surface area (Å²) in [5.41, 5.74) is 1.33. The van der Waals surface area contributed by atoms with Crippen LogP contribution in [-0.2, 0) is 14.6 Å². The van der Waals surface area contributed by atoms with Crippen LogP contribution in [-0.4, -0.2) is 53.1 Å². The molecule has 0 radical (unpaired) electrons. The zero-order chi connectivity index (χ0) is 30.2. The lowest BCUT2D eigenvalue weighted by Gasteiger charge is -2.15. The third-order valence-corrected chi connectivity index (χ3v) is 8.29. The van der Waals surface area contributed by atoms with Crippen molar-refractivity contribution in [2.24, 2.45) is 0 Å². The molecule has 0 amide bonds. The number of fused-ring (bicyclic) bond motifs is 1. The number of carbonyl (C=O) groups is 1. The number of benzene rings is 3. The first-order valence-electron chi connectivity index (χ1n) is 11.9. The minimum Gasteiger partial charge on any atom is -0.493 e. The fourth-order valence-corrected chi connectivity index (χ4v) is 5.15. The number of aldehydes is 1. The second-order valence-corrected chi connectivity index (χ2v) is 11.4. The van der Waals surface area contributed by atoms with E-state index in [0.717, 1.165) is 33.2 Å². The molecule has 0 aliphatic carbocycles. The van der Waals surface area contributed by atoms with E-state index < -0.39 is 28.1 Å². The number of carbonyl (C=O) groups excluding carboxylic acids is 1. The Hall–Kier alpha value is -4.04. The molecule has 9 nitrogen and oxygen atoms in total. The highest BCUT2D eigenvalue weighted by Crippen LogP contribution is 2.36. The third-order valence-electron chi connectivity index (χ3n) is 5.50. The highest BCUT2D eigenvalue weighted by molar-refractivity contribution is 7.91. The van der Waals surface area contributed by atoms with Gasteiger partial charge in [0.2, 0.25) is 0 Å². The smallest absolute Gasteiger partial charge is 0.493 e. The summed E-state index contributed by atoms with van der Waals surface area (Å²) in [6.45, 7) is 1.52. The van der Waals surface area contributed by atoms with E-state index in [1.165, 1.54) is 43.3 Å². The second-order valence-electron chi connectivity index (χ2n) is 8.11. The van der Waals surface area contributed by atoms with Crippen LogP contribution in [0.15, 0.2) is 65.6 Å². The largest absolute Gasteiger partial charge is 0.573 e. The van der Waals surface area contributed by atoms with Crippen LogP contribution in [0, 0.1) is 0 Å². The van der Waals surface area contributed by atoms with Gasteiger partial charge in [0.1, 0.15) is 11.5 Å². The zero-order valence-electron chi connectivity index (χ0n) is 22.4. The molecule has 0 aliphatic heterocycles. The van der Waals surface area contributed by atoms with E-state index in [9.17, 15) is 26.4 Å². The fraction of sp³-hybridized carbons (Fsp3) is 0.259. The molecule has 1 heterocycles. The standard InChI is InChI=1S/C17H15F3O5S.C10H12N2O2S/c1-2-26(22,23)15-9-3-12(4-10-15)16(11-21)24-13-5-7-14(8-6-13)25-17(18,19)20;1-11-10-12-6-4-7(13-2)8(14-3)5-9(6)15-10/h3-11,16H,2H2,1H3;4-5H,1-3H3,(H,11,12). The number of hydrogen-bond donors (Lipinski definition) is 1. The van der Waals surface area contributed by atoms with Crippen LogP contribution >= 0.6 is 11.3 Å². The average molecular weight is 613 g/mol. The maximum atomic E-state index is 12.1. The number of alkyl halides is 3. The number of nitrogens with one attached hydrogen (secondary N) is 1. The fourth-order valence-electron chi connectivity index (χ4n) is 3.43. The van der Waals surface area contributed by atoms with Gasteiger partial charge in [0.25, 0.3) is 0 Å². The average Bonchev–Trinajstić information content (AvgIpc) is 3.37. The van der Waals surface area contributed by atoms with E-state index in [0.29, 0.717) is 17.6 Å². The normalized spacial score (nSPS) is 12.1. The zero-order valence-corrected chi connectivity index (χ0v) is 24.0. The lowest BCUT2D eigenvalue weighted by Crippen LogP contribution is -2.17. The topological polar surface area (TPSA) is 113 Å². The van der Waals surface area contributed by atoms with Gasteiger partial charge in [-0.25, -0.2) is 13.4 Å². The summed E-state index contributed by atoms with van der Waals surface area (Å²) in [5, 5.41) is 3.91. The summed E-state index contributed by atoms with van der Waals surface area (Å²) in [7, 11) is 1.74. The van der Waals surface area contributed by atoms with Crippen LogP contribution in [0.5, 0.6) is 23.0 Å². The Balaban J connectivity index is 0.000000260. The predicted octanol–water partition coefficient (Wildman–Crippen LogP) is 6.05. The summed E-state index contributed by atoms with van der Waals surface area (Å²) in [4.78, 5) is 15.8. The molecule has 0 aliphatic rings. The molecule has 1 atom stereocenters. The van der Waals surface area contributed by atoms with Gasteiger partial charge in [0.15, 0.2) is 38.9 Å². The van der Waals surface area contributed by atoms with Gasteiger partial charge in [-0.05, 0) is 42.0 Å². The number of methoxy groups -OCH3 is 2. The molecule has 0 bridgehead atoms. The van der Waals surface area contributed by atoms with Crippen molar-refractivity contribution in [2.75, 3.05) is 32.3 Å². The van der Waals surface area contributed by atoms with Gasteiger partial charge in [-0.1, -0.05) is 30.4 Å². The van der Waals surface area contributed by atoms with Crippen molar-refractivity contribution in [1.29, 1.82) is 0 Å². The first-order chi connectivity index (χ1) is 19.4. The van der Waals surface area contributed by atoms with Crippen molar-refractivity contribution in [3.63, 3.8) is 0 Å². The summed E-state index contributed by atoms with van der Waals surface area (Å²) < 4.78 is 80.6. The molecule has 1 unspecified atom stereocenters. The molecule has 0 saturated carbocycles. The van der Waals surface area contributed by atoms with Gasteiger partial charge in [-0.2, -0.15) is 0 Å². The van der Waals surface area contributed by atoms with Crippen molar-refractivity contribution < 1.29 is 45.3 Å². The molecule has 3 aromatic carbocycles. The maximum Gasteiger partial charge on any atom is 0.573 e. The Morgan fingerprint density at radius 3 is 2.07 bits per heavy atom. The minimum absolute atomic E-state index is 0.0493. The SMILES string of the molecule is CCS(=O)(=O)c1ccc(C(C=O)Oc2ccc(OC(F)(F)F)cc2)cc1.CNc1nc2cc(OC)c(OC)cc2s1. The first-order valence-corrected chi connectivity index (χ1v) is 14.4. The lowest BCUT2D eigenvalue weighted by atomic mass is 10.1. The number of halogens is 3. The van der Waals surface area contributed by atoms with Gasteiger partial charge in [-0.3, -0.25) is 4.79 Å². The van der Waals surface area contributed by atoms with Crippen LogP contribution in [0.2, 0.25) is 0 Å². The van der Waals surface area contributed by atoms with E-state index in [1.54, 1.807) is 25.6 Å². The number of sulfone groups is 1. The second kappa shape index (κ2) is 13.5. The molecule has 220 valence electrons. The summed E-state index contributed by atoms with van der Waals surface area (Å²) >= 11 is 1.59. The predicted molar refractivity (Wildman–Crippen MR) is 149 cm³/mol. The van der Waals surface area contributed by atoms with E-state index >= 15 is 0 Å². The summed E-state index contributed by atoms with van der Waals surface area (Å²) in [6.07, 6.45) is -5.33. The molecule has 0 spiro atoms. The van der Waals surface area contributed by atoms with Gasteiger partial charge in [-0.15, -0.1) is 13.2 Å². The van der Waals surface area contributed by atoms with Crippen molar-refractivity contribution in [3.05, 3.63) is 66.2 Å². The molecule has 4 aromatic rings. The van der Waals surface area contributed by atoms with Crippen LogP contribution in [0.3, 0.4) is 0 Å². The maximum absolute atomic E-state index is 12.1. The van der Waals surface area contributed by atoms with Crippen molar-refractivity contribution in [3.8, 4) is 23.0 Å². The van der Waals surface area contributed by atoms with E-state index in [1.807, 2.05) is 19.2 Å². The number of anilines is 1. The van der Waals surface area contributed by atoms with Gasteiger partial charge in [0, 0.05) is 19.2 Å². The monoisotopic (exact) mass is 612 g/mol. The molecule has 14 heteroatoms. The summed E-state index contributed by atoms with van der Waals surface area (Å²) in [6, 6.07) is 14.0. The molecule has 1 aromatic heterocycles. The Kier molecular flexibility index (Phi) is 10.4. The quantitative estimate of drug-likeness (QED) is 0.214. The van der Waals surface area contributed by atoms with Crippen molar-refractivity contribution >= 4 is 42.8 Å². The number of hydrogen-bond acceptors (Lipinski definition) is 10. The van der Waals surface area contributed by atoms with Crippen molar-refractivity contribution in [1.82, 2.24) is 4.98 Å². The number of nitrogens with zero attached hydrogens (tertiary/aromatic N) is 1. The number of aromatic nitrogens is 1. The van der Waals surface area contributed by atoms with Gasteiger partial charge in [0.05, 0.1) is 35.1 Å². The minimum atomic E-state index is -4.80. The van der Waals surface area contributed by atoms with Crippen LogP contribution in [0.25, 0.3) is 10.2 Å². The number of rotatable bonds is 10. The molecule has 1 N–H and O–H groups in total. The van der Waals surface area contributed by atoms with Crippen LogP contribution < -0.4 is 24.3 Å². The lowest BCUT2D eigenvalue weighted by molar-refractivity contribution is -0.274. The Bertz CT molecular complexity index is 1520. The molecular formula is C27H27F3N2O7S2. The van der Waals surface area contributed by atoms with Crippen LogP contribution in [0.1, 0.15) is 18.6 Å². The van der Waals surface area contributed by atoms with Gasteiger partial charge < -0.3 is 24.3 Å². The highest BCUT2D eigenvalue weighted by Gasteiger charge is 2.31. The number of ether oxygens (including phenoxy) is 4. The van der Waals surface area contributed by atoms with E-state index in [4.69, 9.17) is 14.2 Å². The molecule has 0 fully saturated rings. The Labute approximate surface area is 238 Å². The van der Waals surface area contributed by atoms with Crippen LogP contribution in [0.4, 0.5) is 18.3 Å². The molecular weight excluding hydrogens is 585 g/mol. The molecule has 0 saturated heterocycles. The Morgan fingerprint density at radius 1 is 0.976 bits per heavy atom. The van der Waals surface area contributed by atoms with E-state index in [-0.39, 0.29) is 16.4 Å². The van der Waals surface area contributed by atoms with Crippen molar-refractivity contribution in [2.45, 2.75) is 24.3 Å². The van der Waals surface area contributed by atoms with Gasteiger partial charge >= 0.3 is 6.36 Å². The third kappa shape index (κ3) is 8.47. The van der Waals surface area contributed by atoms with E-state index in [2.05, 4.69) is 15.0 Å².